The van der Waals surface area contributed by atoms with Gasteiger partial charge in [0, 0.05) is 16.7 Å². The molecule has 0 aromatic heterocycles. The van der Waals surface area contributed by atoms with Gasteiger partial charge in [-0.3, -0.25) is 9.68 Å². The van der Waals surface area contributed by atoms with Gasteiger partial charge in [-0.2, -0.15) is 4.89 Å². The van der Waals surface area contributed by atoms with Crippen LogP contribution in [0.5, 0.6) is 0 Å². The molecular weight excluding hydrogens is 490 g/mol. The Hall–Kier alpha value is -2.26. The Labute approximate surface area is 233 Å². The van der Waals surface area contributed by atoms with Crippen LogP contribution in [0, 0.1) is 56.8 Å². The molecule has 0 amide bonds. The molecule has 3 fully saturated rings. The zero-order valence-electron chi connectivity index (χ0n) is 25.0. The van der Waals surface area contributed by atoms with E-state index in [0.717, 1.165) is 37.7 Å². The Morgan fingerprint density at radius 2 is 1.69 bits per heavy atom. The largest absolute Gasteiger partial charge is 0.348 e. The van der Waals surface area contributed by atoms with Crippen LogP contribution in [0.25, 0.3) is 4.85 Å². The molecular formula is C33H45NO5. The van der Waals surface area contributed by atoms with Crippen LogP contribution in [0.3, 0.4) is 0 Å². The van der Waals surface area contributed by atoms with Crippen molar-refractivity contribution in [2.24, 2.45) is 50.2 Å². The summed E-state index contributed by atoms with van der Waals surface area (Å²) in [6, 6.07) is 0. The number of fused-ring (bicyclic) bond motifs is 7. The highest BCUT2D eigenvalue weighted by molar-refractivity contribution is 6.03. The maximum Gasteiger partial charge on any atom is 0.348 e. The summed E-state index contributed by atoms with van der Waals surface area (Å²) in [7, 11) is 0. The lowest BCUT2D eigenvalue weighted by Gasteiger charge is -2.68. The van der Waals surface area contributed by atoms with Gasteiger partial charge in [0.2, 0.25) is 5.70 Å². The minimum absolute atomic E-state index is 0.0211. The van der Waals surface area contributed by atoms with E-state index in [2.05, 4.69) is 39.5 Å². The lowest BCUT2D eigenvalue weighted by molar-refractivity contribution is -0.288. The molecule has 6 heteroatoms. The number of Topliss-reactive ketones (excluding diaryl/α,β-unsaturated/α-hetero) is 1. The van der Waals surface area contributed by atoms with Gasteiger partial charge in [0.05, 0.1) is 18.6 Å². The van der Waals surface area contributed by atoms with Crippen molar-refractivity contribution in [1.29, 1.82) is 0 Å². The quantitative estimate of drug-likeness (QED) is 0.220. The first-order chi connectivity index (χ1) is 18.0. The molecule has 0 heterocycles. The van der Waals surface area contributed by atoms with Crippen molar-refractivity contribution < 1.29 is 24.2 Å². The third kappa shape index (κ3) is 3.57. The van der Waals surface area contributed by atoms with Crippen molar-refractivity contribution in [2.45, 2.75) is 100 Å². The number of ketones is 2. The number of carbonyl (C=O) groups excluding carboxylic acids is 3. The molecule has 0 aromatic rings. The number of hydrogen-bond donors (Lipinski definition) is 0. The molecule has 0 aliphatic heterocycles. The monoisotopic (exact) mass is 535 g/mol. The normalized spacial score (nSPS) is 43.9. The van der Waals surface area contributed by atoms with E-state index in [1.54, 1.807) is 6.92 Å². The van der Waals surface area contributed by atoms with Gasteiger partial charge in [-0.1, -0.05) is 60.1 Å². The number of rotatable bonds is 3. The molecule has 6 nitrogen and oxygen atoms in total. The number of carbonyl (C=O) groups is 3. The molecule has 39 heavy (non-hydrogen) atoms. The fourth-order valence-corrected chi connectivity index (χ4v) is 10.2. The fourth-order valence-electron chi connectivity index (χ4n) is 10.2. The van der Waals surface area contributed by atoms with Crippen molar-refractivity contribution in [3.05, 3.63) is 34.8 Å². The van der Waals surface area contributed by atoms with Crippen LogP contribution in [0.1, 0.15) is 100 Å². The maximum absolute atomic E-state index is 14.5. The predicted molar refractivity (Wildman–Crippen MR) is 148 cm³/mol. The molecule has 212 valence electrons. The van der Waals surface area contributed by atoms with Crippen LogP contribution >= 0.6 is 0 Å². The van der Waals surface area contributed by atoms with Gasteiger partial charge in [0.15, 0.2) is 11.6 Å². The zero-order chi connectivity index (χ0) is 28.8. The van der Waals surface area contributed by atoms with Crippen LogP contribution in [0.15, 0.2) is 23.4 Å². The molecule has 0 aromatic carbocycles. The van der Waals surface area contributed by atoms with Crippen LogP contribution in [0.4, 0.5) is 0 Å². The summed E-state index contributed by atoms with van der Waals surface area (Å²) >= 11 is 0. The summed E-state index contributed by atoms with van der Waals surface area (Å²) in [6.07, 6.45) is 9.34. The number of allylic oxidation sites excluding steroid dienone is 4. The molecule has 5 aliphatic carbocycles. The van der Waals surface area contributed by atoms with Gasteiger partial charge in [-0.05, 0) is 86.0 Å². The first kappa shape index (κ1) is 28.3. The van der Waals surface area contributed by atoms with Gasteiger partial charge in [0.1, 0.15) is 0 Å². The summed E-state index contributed by atoms with van der Waals surface area (Å²) in [5.74, 6) is -0.707. The minimum Gasteiger partial charge on any atom is -0.307 e. The van der Waals surface area contributed by atoms with Gasteiger partial charge < -0.3 is 4.79 Å². The second-order valence-electron chi connectivity index (χ2n) is 15.2. The van der Waals surface area contributed by atoms with Crippen molar-refractivity contribution in [2.75, 3.05) is 6.61 Å². The molecule has 0 radical (unpaired) electrons. The van der Waals surface area contributed by atoms with Crippen molar-refractivity contribution in [1.82, 2.24) is 0 Å². The second kappa shape index (κ2) is 8.62. The van der Waals surface area contributed by atoms with E-state index in [0.29, 0.717) is 19.4 Å². The molecule has 0 N–H and O–H groups in total. The predicted octanol–water partition coefficient (Wildman–Crippen LogP) is 7.05. The third-order valence-corrected chi connectivity index (χ3v) is 12.5. The molecule has 3 saturated carbocycles. The van der Waals surface area contributed by atoms with Crippen molar-refractivity contribution in [3.63, 3.8) is 0 Å². The van der Waals surface area contributed by atoms with E-state index in [1.807, 2.05) is 26.0 Å². The Kier molecular flexibility index (Phi) is 6.25. The SMILES string of the molecule is [C-]#[N+]C1=C[C@]2(C)C3=CC(=O)C4C5CC(C)(C)CC[C@]5(C(=O)OOCC)CC[C@@]4(C)[C@]3(C)CCC2C(C)(C)C1=O. The third-order valence-electron chi connectivity index (χ3n) is 12.5. The number of nitrogens with zero attached hydrogens (tertiary/aromatic N) is 1. The van der Waals surface area contributed by atoms with Crippen LogP contribution < -0.4 is 0 Å². The van der Waals surface area contributed by atoms with Gasteiger partial charge >= 0.3 is 5.97 Å². The summed E-state index contributed by atoms with van der Waals surface area (Å²) in [6.45, 7) is 25.0. The smallest absolute Gasteiger partial charge is 0.307 e. The molecule has 7 atom stereocenters. The molecule has 5 aliphatic rings. The van der Waals surface area contributed by atoms with Gasteiger partial charge in [-0.25, -0.2) is 9.64 Å². The Balaban J connectivity index is 1.67. The maximum atomic E-state index is 14.5. The zero-order valence-corrected chi connectivity index (χ0v) is 25.0. The Bertz CT molecular complexity index is 1230. The van der Waals surface area contributed by atoms with E-state index in [9.17, 15) is 14.4 Å². The first-order valence-corrected chi connectivity index (χ1v) is 14.8. The van der Waals surface area contributed by atoms with Crippen LogP contribution in [-0.4, -0.2) is 24.1 Å². The van der Waals surface area contributed by atoms with Crippen molar-refractivity contribution in [3.8, 4) is 0 Å². The highest BCUT2D eigenvalue weighted by Gasteiger charge is 2.71. The summed E-state index contributed by atoms with van der Waals surface area (Å²) in [5.41, 5.74) is -1.30. The topological polar surface area (TPSA) is 74.0 Å². The van der Waals surface area contributed by atoms with Gasteiger partial charge in [-0.15, -0.1) is 0 Å². The summed E-state index contributed by atoms with van der Waals surface area (Å²) in [4.78, 5) is 55.5. The minimum atomic E-state index is -0.718. The average molecular weight is 536 g/mol. The van der Waals surface area contributed by atoms with Crippen molar-refractivity contribution >= 4 is 17.5 Å². The molecule has 5 rings (SSSR count). The van der Waals surface area contributed by atoms with Crippen LogP contribution in [0.2, 0.25) is 0 Å². The Morgan fingerprint density at radius 3 is 2.33 bits per heavy atom. The first-order valence-electron chi connectivity index (χ1n) is 14.8. The molecule has 0 saturated heterocycles. The fraction of sp³-hybridized carbons (Fsp3) is 0.758. The van der Waals surface area contributed by atoms with E-state index >= 15 is 0 Å². The van der Waals surface area contributed by atoms with E-state index in [-0.39, 0.29) is 57.2 Å². The van der Waals surface area contributed by atoms with E-state index in [4.69, 9.17) is 16.3 Å². The summed E-state index contributed by atoms with van der Waals surface area (Å²) in [5, 5.41) is 0. The number of hydrogen-bond acceptors (Lipinski definition) is 5. The lowest BCUT2D eigenvalue weighted by atomic mass is 9.34. The van der Waals surface area contributed by atoms with Crippen LogP contribution in [-0.2, 0) is 24.2 Å². The Morgan fingerprint density at radius 1 is 1.03 bits per heavy atom. The highest BCUT2D eigenvalue weighted by Crippen LogP contribution is 2.74. The summed E-state index contributed by atoms with van der Waals surface area (Å²) < 4.78 is 0. The highest BCUT2D eigenvalue weighted by atomic mass is 17.2. The van der Waals surface area contributed by atoms with E-state index < -0.39 is 16.2 Å². The molecule has 0 bridgehead atoms. The second-order valence-corrected chi connectivity index (χ2v) is 15.2. The molecule has 0 spiro atoms. The van der Waals surface area contributed by atoms with E-state index in [1.165, 1.54) is 0 Å². The van der Waals surface area contributed by atoms with Gasteiger partial charge in [0.25, 0.3) is 0 Å². The molecule has 3 unspecified atom stereocenters. The average Bonchev–Trinajstić information content (AvgIpc) is 2.86. The standard InChI is InChI=1S/C33H45NO5/c1-10-38-39-27(37)33-15-13-28(2,3)18-20(33)25-22(35)17-24-30(6)19-21(34-9)26(36)29(4,5)23(30)11-12-31(24,7)32(25,8)14-16-33/h17,19-20,23,25H,10-16,18H2,1-8H3/t20?,23?,25?,30-,31+,32+,33-/m0/s1. The lowest BCUT2D eigenvalue weighted by Crippen LogP contribution is -2.65.